The largest absolute Gasteiger partial charge is 0.353 e. The maximum Gasteiger partial charge on any atom is 0.324 e. The van der Waals surface area contributed by atoms with Gasteiger partial charge in [-0.1, -0.05) is 25.8 Å². The van der Waals surface area contributed by atoms with Crippen LogP contribution in [0.25, 0.3) is 0 Å². The van der Waals surface area contributed by atoms with E-state index in [1.54, 1.807) is 6.20 Å². The number of pyridine rings is 1. The summed E-state index contributed by atoms with van der Waals surface area (Å²) in [6.07, 6.45) is 6.63. The van der Waals surface area contributed by atoms with Crippen LogP contribution in [0.15, 0.2) is 24.4 Å². The van der Waals surface area contributed by atoms with E-state index in [4.69, 9.17) is 0 Å². The van der Waals surface area contributed by atoms with Crippen molar-refractivity contribution in [3.05, 3.63) is 24.4 Å². The maximum absolute atomic E-state index is 13.2. The van der Waals surface area contributed by atoms with Crippen LogP contribution in [0, 0.1) is 11.8 Å². The Labute approximate surface area is 184 Å². The predicted molar refractivity (Wildman–Crippen MR) is 117 cm³/mol. The number of nitrogens with one attached hydrogen (secondary N) is 1. The number of carbonyl (C=O) groups excluding carboxylic acids is 3. The molecule has 0 radical (unpaired) electrons. The minimum absolute atomic E-state index is 0.0558. The summed E-state index contributed by atoms with van der Waals surface area (Å²) in [6.45, 7) is 5.48. The Balaban J connectivity index is 1.30. The van der Waals surface area contributed by atoms with E-state index < -0.39 is 0 Å². The van der Waals surface area contributed by atoms with Gasteiger partial charge in [0.15, 0.2) is 0 Å². The smallest absolute Gasteiger partial charge is 0.324 e. The summed E-state index contributed by atoms with van der Waals surface area (Å²) in [7, 11) is 0. The van der Waals surface area contributed by atoms with Crippen LogP contribution >= 0.6 is 0 Å². The maximum atomic E-state index is 13.2. The number of carbonyl (C=O) groups is 3. The molecule has 1 N–H and O–H groups in total. The number of piperazine rings is 1. The number of hydrogen-bond acceptors (Lipinski definition) is 5. The molecule has 3 aliphatic rings. The van der Waals surface area contributed by atoms with Gasteiger partial charge in [-0.25, -0.2) is 9.78 Å². The average Bonchev–Trinajstić information content (AvgIpc) is 2.81. The molecule has 3 fully saturated rings. The van der Waals surface area contributed by atoms with E-state index in [9.17, 15) is 14.4 Å². The molecule has 8 nitrogen and oxygen atoms in total. The minimum atomic E-state index is -0.292. The standard InChI is InChI=1S/C23H33N5O3/c1-2-3-6-11-28-22(30)18-9-8-17(16-19(18)25-23(28)31)21(29)27-14-12-26(13-15-27)20-7-4-5-10-24-20/h4-5,7,10,17-19H,2-3,6,8-9,11-16H2,1H3,(H,25,31). The molecular formula is C23H33N5O3. The second-order valence-corrected chi connectivity index (χ2v) is 8.87. The molecule has 2 saturated heterocycles. The van der Waals surface area contributed by atoms with E-state index in [0.29, 0.717) is 38.9 Å². The highest BCUT2D eigenvalue weighted by atomic mass is 16.2. The normalized spacial score (nSPS) is 26.5. The van der Waals surface area contributed by atoms with Crippen molar-refractivity contribution in [2.45, 2.75) is 51.5 Å². The highest BCUT2D eigenvalue weighted by Gasteiger charge is 2.45. The van der Waals surface area contributed by atoms with Gasteiger partial charge in [-0.2, -0.15) is 0 Å². The van der Waals surface area contributed by atoms with Crippen molar-refractivity contribution in [3.8, 4) is 0 Å². The molecule has 1 aromatic heterocycles. The van der Waals surface area contributed by atoms with Crippen LogP contribution in [0.2, 0.25) is 0 Å². The lowest BCUT2D eigenvalue weighted by molar-refractivity contribution is -0.142. The first-order valence-corrected chi connectivity index (χ1v) is 11.6. The summed E-state index contributed by atoms with van der Waals surface area (Å²) < 4.78 is 0. The highest BCUT2D eigenvalue weighted by molar-refractivity contribution is 5.99. The lowest BCUT2D eigenvalue weighted by Gasteiger charge is -2.43. The van der Waals surface area contributed by atoms with Gasteiger partial charge in [-0.05, 0) is 37.8 Å². The molecule has 2 aliphatic heterocycles. The van der Waals surface area contributed by atoms with Crippen LogP contribution in [-0.2, 0) is 9.59 Å². The molecular weight excluding hydrogens is 394 g/mol. The first-order valence-electron chi connectivity index (χ1n) is 11.6. The second-order valence-electron chi connectivity index (χ2n) is 8.87. The molecule has 3 unspecified atom stereocenters. The number of urea groups is 1. The molecule has 1 aliphatic carbocycles. The summed E-state index contributed by atoms with van der Waals surface area (Å²) in [6, 6.07) is 5.36. The Kier molecular flexibility index (Phi) is 6.73. The van der Waals surface area contributed by atoms with Gasteiger partial charge in [0.1, 0.15) is 5.82 Å². The van der Waals surface area contributed by atoms with E-state index in [1.807, 2.05) is 23.1 Å². The van der Waals surface area contributed by atoms with Crippen molar-refractivity contribution in [3.63, 3.8) is 0 Å². The quantitative estimate of drug-likeness (QED) is 0.704. The zero-order chi connectivity index (χ0) is 21.8. The van der Waals surface area contributed by atoms with Crippen LogP contribution < -0.4 is 10.2 Å². The topological polar surface area (TPSA) is 85.8 Å². The summed E-state index contributed by atoms with van der Waals surface area (Å²) in [5.41, 5.74) is 0. The highest BCUT2D eigenvalue weighted by Crippen LogP contribution is 2.34. The fourth-order valence-corrected chi connectivity index (χ4v) is 5.07. The summed E-state index contributed by atoms with van der Waals surface area (Å²) in [5.74, 6) is 0.736. The number of unbranched alkanes of at least 4 members (excludes halogenated alkanes) is 2. The first-order chi connectivity index (χ1) is 15.1. The Bertz CT molecular complexity index is 794. The minimum Gasteiger partial charge on any atom is -0.353 e. The molecule has 3 atom stereocenters. The molecule has 31 heavy (non-hydrogen) atoms. The fraction of sp³-hybridized carbons (Fsp3) is 0.652. The van der Waals surface area contributed by atoms with Gasteiger partial charge in [0.05, 0.1) is 5.92 Å². The molecule has 1 saturated carbocycles. The number of nitrogens with zero attached hydrogens (tertiary/aromatic N) is 4. The third-order valence-electron chi connectivity index (χ3n) is 6.89. The Morgan fingerprint density at radius 2 is 1.94 bits per heavy atom. The van der Waals surface area contributed by atoms with Crippen LogP contribution in [0.1, 0.15) is 45.4 Å². The molecule has 168 valence electrons. The van der Waals surface area contributed by atoms with Crippen LogP contribution in [0.5, 0.6) is 0 Å². The van der Waals surface area contributed by atoms with Gasteiger partial charge in [-0.3, -0.25) is 14.5 Å². The van der Waals surface area contributed by atoms with Gasteiger partial charge in [0.2, 0.25) is 11.8 Å². The summed E-state index contributed by atoms with van der Waals surface area (Å²) in [5, 5.41) is 3.02. The van der Waals surface area contributed by atoms with Crippen LogP contribution in [0.3, 0.4) is 0 Å². The summed E-state index contributed by atoms with van der Waals surface area (Å²) >= 11 is 0. The third-order valence-corrected chi connectivity index (χ3v) is 6.89. The monoisotopic (exact) mass is 427 g/mol. The molecule has 1 aromatic rings. The SMILES string of the molecule is CCCCCN1C(=O)NC2CC(C(=O)N3CCN(c4ccccn4)CC3)CCC2C1=O. The van der Waals surface area contributed by atoms with Gasteiger partial charge in [0.25, 0.3) is 0 Å². The lowest BCUT2D eigenvalue weighted by Crippen LogP contribution is -2.62. The molecule has 8 heteroatoms. The Hall–Kier alpha value is -2.64. The zero-order valence-electron chi connectivity index (χ0n) is 18.3. The molecule has 4 amide bonds. The number of imide groups is 1. The Morgan fingerprint density at radius 3 is 2.65 bits per heavy atom. The van der Waals surface area contributed by atoms with E-state index in [1.165, 1.54) is 4.90 Å². The lowest BCUT2D eigenvalue weighted by atomic mass is 9.76. The van der Waals surface area contributed by atoms with E-state index >= 15 is 0 Å². The van der Waals surface area contributed by atoms with E-state index in [0.717, 1.165) is 38.2 Å². The van der Waals surface area contributed by atoms with Crippen molar-refractivity contribution < 1.29 is 14.4 Å². The van der Waals surface area contributed by atoms with Crippen molar-refractivity contribution in [1.82, 2.24) is 20.1 Å². The van der Waals surface area contributed by atoms with Gasteiger partial charge in [-0.15, -0.1) is 0 Å². The summed E-state index contributed by atoms with van der Waals surface area (Å²) in [4.78, 5) is 48.4. The van der Waals surface area contributed by atoms with Gasteiger partial charge < -0.3 is 15.1 Å². The molecule has 0 aromatic carbocycles. The number of rotatable bonds is 6. The van der Waals surface area contributed by atoms with Gasteiger partial charge >= 0.3 is 6.03 Å². The molecule has 3 heterocycles. The fourth-order valence-electron chi connectivity index (χ4n) is 5.07. The van der Waals surface area contributed by atoms with Crippen molar-refractivity contribution >= 4 is 23.7 Å². The van der Waals surface area contributed by atoms with Gasteiger partial charge in [0, 0.05) is 50.9 Å². The average molecular weight is 428 g/mol. The van der Waals surface area contributed by atoms with Crippen molar-refractivity contribution in [1.29, 1.82) is 0 Å². The third kappa shape index (κ3) is 4.67. The number of anilines is 1. The second kappa shape index (κ2) is 9.66. The predicted octanol–water partition coefficient (Wildman–Crippen LogP) is 2.26. The first kappa shape index (κ1) is 21.6. The van der Waals surface area contributed by atoms with Crippen LogP contribution in [0.4, 0.5) is 10.6 Å². The number of aromatic nitrogens is 1. The number of amides is 4. The Morgan fingerprint density at radius 1 is 1.13 bits per heavy atom. The van der Waals surface area contributed by atoms with Crippen molar-refractivity contribution in [2.24, 2.45) is 11.8 Å². The number of hydrogen-bond donors (Lipinski definition) is 1. The number of fused-ring (bicyclic) bond motifs is 1. The molecule has 0 bridgehead atoms. The van der Waals surface area contributed by atoms with Crippen LogP contribution in [-0.4, -0.2) is 71.4 Å². The van der Waals surface area contributed by atoms with E-state index in [-0.39, 0.29) is 35.7 Å². The zero-order valence-corrected chi connectivity index (χ0v) is 18.3. The van der Waals surface area contributed by atoms with Crippen molar-refractivity contribution in [2.75, 3.05) is 37.6 Å². The molecule has 4 rings (SSSR count). The molecule has 0 spiro atoms. The van der Waals surface area contributed by atoms with E-state index in [2.05, 4.69) is 22.1 Å².